The second-order valence-corrected chi connectivity index (χ2v) is 7.34. The fourth-order valence-corrected chi connectivity index (χ4v) is 3.97. The molecule has 0 aliphatic rings. The van der Waals surface area contributed by atoms with Crippen molar-refractivity contribution in [3.8, 4) is 21.1 Å². The van der Waals surface area contributed by atoms with Gasteiger partial charge in [0.1, 0.15) is 10.0 Å². The third-order valence-corrected chi connectivity index (χ3v) is 5.42. The van der Waals surface area contributed by atoms with E-state index in [0.29, 0.717) is 0 Å². The Morgan fingerprint density at radius 3 is 1.36 bits per heavy atom. The van der Waals surface area contributed by atoms with Crippen molar-refractivity contribution in [1.29, 1.82) is 0 Å². The Bertz CT molecular complexity index is 817. The van der Waals surface area contributed by atoms with Gasteiger partial charge >= 0.3 is 19.5 Å². The van der Waals surface area contributed by atoms with Crippen LogP contribution >= 0.6 is 22.7 Å². The number of rotatable bonds is 2. The fraction of sp³-hybridized carbons (Fsp3) is 0. The second kappa shape index (κ2) is 10.0. The van der Waals surface area contributed by atoms with Crippen LogP contribution in [0.25, 0.3) is 21.1 Å². The minimum Gasteiger partial charge on any atom is -0.779 e. The largest absolute Gasteiger partial charge is 2.00 e. The Balaban J connectivity index is 0.000000173. The van der Waals surface area contributed by atoms with Gasteiger partial charge in [-0.05, 0) is 11.1 Å². The summed E-state index contributed by atoms with van der Waals surface area (Å²) in [5, 5.41) is 5.91. The van der Waals surface area contributed by atoms with Crippen LogP contribution in [0.1, 0.15) is 0 Å². The molecule has 0 amide bonds. The zero-order valence-electron chi connectivity index (χ0n) is 13.2. The van der Waals surface area contributed by atoms with Gasteiger partial charge in [0.05, 0.1) is 0 Å². The van der Waals surface area contributed by atoms with Gasteiger partial charge < -0.3 is 25.3 Å². The molecule has 7 heteroatoms. The maximum absolute atomic E-state index is 5.17. The molecule has 2 heterocycles. The summed E-state index contributed by atoms with van der Waals surface area (Å²) in [5.41, 5.74) is 2.12. The van der Waals surface area contributed by atoms with Gasteiger partial charge in [0, 0.05) is 23.2 Å². The van der Waals surface area contributed by atoms with Crippen molar-refractivity contribution in [2.75, 3.05) is 0 Å². The molecule has 25 heavy (non-hydrogen) atoms. The number of hydrogen-bond acceptors (Lipinski definition) is 6. The van der Waals surface area contributed by atoms with Crippen molar-refractivity contribution in [3.63, 3.8) is 0 Å². The summed E-state index contributed by atoms with van der Waals surface area (Å²) in [7, 11) is 0. The number of benzene rings is 2. The Morgan fingerprint density at radius 1 is 0.640 bits per heavy atom. The molecule has 120 valence electrons. The molecule has 0 saturated heterocycles. The van der Waals surface area contributed by atoms with Gasteiger partial charge in [-0.15, -0.1) is 22.7 Å². The van der Waals surface area contributed by atoms with Gasteiger partial charge in [0.15, 0.2) is 0 Å². The molecule has 0 aliphatic heterocycles. The molecule has 0 aliphatic carbocycles. The first kappa shape index (κ1) is 20.1. The molecule has 0 fully saturated rings. The van der Waals surface area contributed by atoms with Crippen LogP contribution in [0, 0.1) is 0 Å². The van der Waals surface area contributed by atoms with Gasteiger partial charge in [-0.2, -0.15) is 9.79 Å². The van der Waals surface area contributed by atoms with Crippen molar-refractivity contribution < 1.29 is 19.5 Å². The van der Waals surface area contributed by atoms with Crippen LogP contribution in [0.2, 0.25) is 0 Å². The normalized spacial score (nSPS) is 9.60. The van der Waals surface area contributed by atoms with Gasteiger partial charge in [0.2, 0.25) is 0 Å². The molecule has 0 atom stereocenters. The van der Waals surface area contributed by atoms with Crippen LogP contribution in [0.15, 0.2) is 81.5 Å². The van der Waals surface area contributed by atoms with E-state index in [0.717, 1.165) is 30.9 Å². The molecule has 4 rings (SSSR count). The number of nitrogens with zero attached hydrogens (tertiary/aromatic N) is 2. The van der Waals surface area contributed by atoms with Gasteiger partial charge in [-0.25, -0.2) is 9.97 Å². The molecule has 2 aromatic carbocycles. The number of hydrogen-bond donors (Lipinski definition) is 0. The predicted octanol–water partition coefficient (Wildman–Crippen LogP) is 5.43. The molecule has 0 radical (unpaired) electrons. The molecule has 0 spiro atoms. The van der Waals surface area contributed by atoms with Crippen molar-refractivity contribution in [2.45, 2.75) is 9.79 Å². The monoisotopic (exact) mass is 448 g/mol. The van der Waals surface area contributed by atoms with Crippen molar-refractivity contribution in [1.82, 2.24) is 9.97 Å². The van der Waals surface area contributed by atoms with Crippen LogP contribution in [0.5, 0.6) is 0 Å². The average Bonchev–Trinajstić information content (AvgIpc) is 3.30. The van der Waals surface area contributed by atoms with Crippen molar-refractivity contribution >= 4 is 47.9 Å². The summed E-state index contributed by atoms with van der Waals surface area (Å²) in [6.07, 6.45) is 3.59. The Kier molecular flexibility index (Phi) is 8.07. The molecule has 0 bridgehead atoms. The smallest absolute Gasteiger partial charge is 0.779 e. The van der Waals surface area contributed by atoms with Crippen LogP contribution < -0.4 is 0 Å². The number of aromatic nitrogens is 2. The maximum atomic E-state index is 5.17. The van der Waals surface area contributed by atoms with E-state index in [1.807, 2.05) is 59.3 Å². The van der Waals surface area contributed by atoms with E-state index in [1.165, 1.54) is 0 Å². The van der Waals surface area contributed by atoms with E-state index in [1.54, 1.807) is 35.1 Å². The molecule has 4 aromatic rings. The molecule has 2 nitrogen and oxygen atoms in total. The third kappa shape index (κ3) is 5.37. The van der Waals surface area contributed by atoms with E-state index < -0.39 is 0 Å². The van der Waals surface area contributed by atoms with Crippen LogP contribution in [-0.2, 0) is 44.7 Å². The third-order valence-electron chi connectivity index (χ3n) is 3.10. The minimum atomic E-state index is 0. The Morgan fingerprint density at radius 2 is 1.04 bits per heavy atom. The first-order chi connectivity index (χ1) is 11.8. The van der Waals surface area contributed by atoms with E-state index >= 15 is 0 Å². The minimum absolute atomic E-state index is 0. The number of thiazole rings is 2. The van der Waals surface area contributed by atoms with Crippen molar-refractivity contribution in [2.24, 2.45) is 0 Å². The molecular weight excluding hydrogens is 438 g/mol. The quantitative estimate of drug-likeness (QED) is 0.301. The molecule has 2 aromatic heterocycles. The summed E-state index contributed by atoms with van der Waals surface area (Å²) in [6, 6.07) is 15.7. The van der Waals surface area contributed by atoms with Crippen LogP contribution in [-0.4, -0.2) is 9.97 Å². The Hall–Kier alpha value is -1.24. The fourth-order valence-electron chi connectivity index (χ4n) is 2.00. The molecular formula is C18H12N2S4Zn. The van der Waals surface area contributed by atoms with Crippen molar-refractivity contribution in [3.05, 3.63) is 71.7 Å². The van der Waals surface area contributed by atoms with Gasteiger partial charge in [-0.1, -0.05) is 48.5 Å². The summed E-state index contributed by atoms with van der Waals surface area (Å²) in [4.78, 5) is 10.1. The van der Waals surface area contributed by atoms with E-state index in [2.05, 4.69) is 9.97 Å². The van der Waals surface area contributed by atoms with Crippen LogP contribution in [0.3, 0.4) is 0 Å². The Labute approximate surface area is 179 Å². The van der Waals surface area contributed by atoms with Crippen LogP contribution in [0.4, 0.5) is 0 Å². The van der Waals surface area contributed by atoms with Gasteiger partial charge in [0.25, 0.3) is 0 Å². The zero-order chi connectivity index (χ0) is 16.8. The summed E-state index contributed by atoms with van der Waals surface area (Å²) in [5.74, 6) is 0. The first-order valence-corrected chi connectivity index (χ1v) is 9.65. The predicted molar refractivity (Wildman–Crippen MR) is 106 cm³/mol. The second-order valence-electron chi connectivity index (χ2n) is 4.67. The van der Waals surface area contributed by atoms with Gasteiger partial charge in [-0.3, -0.25) is 0 Å². The SMILES string of the molecule is [S-]c1ccccc1-c1nccs1.[S-]c1ccccc1-c1nccs1.[Zn+2]. The maximum Gasteiger partial charge on any atom is 2.00 e. The molecule has 0 saturated carbocycles. The first-order valence-electron chi connectivity index (χ1n) is 7.07. The molecule has 0 unspecified atom stereocenters. The zero-order valence-corrected chi connectivity index (χ0v) is 19.4. The standard InChI is InChI=1S/2C9H7NS2.Zn/c2*11-8-4-2-1-3-7(8)9-10-5-6-12-9;/h2*1-6,11H;/q;;+2/p-2. The van der Waals surface area contributed by atoms with E-state index in [4.69, 9.17) is 25.3 Å². The van der Waals surface area contributed by atoms with E-state index in [-0.39, 0.29) is 19.5 Å². The van der Waals surface area contributed by atoms with E-state index in [9.17, 15) is 0 Å². The summed E-state index contributed by atoms with van der Waals surface area (Å²) in [6.45, 7) is 0. The summed E-state index contributed by atoms with van der Waals surface area (Å²) >= 11 is 13.6. The topological polar surface area (TPSA) is 25.8 Å². The summed E-state index contributed by atoms with van der Waals surface area (Å²) < 4.78 is 0. The average molecular weight is 450 g/mol. The molecule has 0 N–H and O–H groups in total.